The van der Waals surface area contributed by atoms with E-state index >= 15 is 0 Å². The number of benzene rings is 1. The van der Waals surface area contributed by atoms with Gasteiger partial charge in [0.15, 0.2) is 11.5 Å². The van der Waals surface area contributed by atoms with E-state index in [1.54, 1.807) is 24.4 Å². The Labute approximate surface area is 199 Å². The predicted octanol–water partition coefficient (Wildman–Crippen LogP) is 4.74. The Morgan fingerprint density at radius 3 is 2.56 bits per heavy atom. The molecule has 2 aromatic heterocycles. The molecule has 1 aliphatic rings. The fourth-order valence-electron chi connectivity index (χ4n) is 4.31. The number of pyridine rings is 1. The molecule has 7 heteroatoms. The average Bonchev–Trinajstić information content (AvgIpc) is 3.38. The molecule has 0 radical (unpaired) electrons. The number of aromatic nitrogens is 1. The second-order valence-corrected chi connectivity index (χ2v) is 8.56. The van der Waals surface area contributed by atoms with Gasteiger partial charge in [-0.15, -0.1) is 0 Å². The molecule has 1 unspecified atom stereocenters. The van der Waals surface area contributed by atoms with E-state index in [0.29, 0.717) is 30.4 Å². The van der Waals surface area contributed by atoms with Gasteiger partial charge in [-0.2, -0.15) is 0 Å². The van der Waals surface area contributed by atoms with Gasteiger partial charge in [-0.1, -0.05) is 49.6 Å². The number of furan rings is 1. The molecule has 1 atom stereocenters. The van der Waals surface area contributed by atoms with E-state index in [1.807, 2.05) is 43.3 Å². The summed E-state index contributed by atoms with van der Waals surface area (Å²) in [6, 6.07) is 16.3. The van der Waals surface area contributed by atoms with Gasteiger partial charge in [-0.25, -0.2) is 4.98 Å². The Bertz CT molecular complexity index is 1070. The lowest BCUT2D eigenvalue weighted by atomic mass is 9.83. The van der Waals surface area contributed by atoms with Crippen molar-refractivity contribution < 1.29 is 18.7 Å². The lowest BCUT2D eigenvalue weighted by molar-refractivity contribution is -0.124. The van der Waals surface area contributed by atoms with E-state index in [1.165, 1.54) is 6.42 Å². The van der Waals surface area contributed by atoms with Crippen LogP contribution in [0.3, 0.4) is 0 Å². The maximum Gasteiger partial charge on any atom is 0.287 e. The van der Waals surface area contributed by atoms with Crippen molar-refractivity contribution in [2.45, 2.75) is 51.7 Å². The van der Waals surface area contributed by atoms with Crippen LogP contribution in [0.2, 0.25) is 0 Å². The lowest BCUT2D eigenvalue weighted by Gasteiger charge is -2.29. The van der Waals surface area contributed by atoms with Gasteiger partial charge in [0.2, 0.25) is 5.91 Å². The second-order valence-electron chi connectivity index (χ2n) is 8.56. The molecule has 1 fully saturated rings. The van der Waals surface area contributed by atoms with Gasteiger partial charge in [0.1, 0.15) is 24.1 Å². The molecular formula is C27H31N3O4. The fraction of sp³-hybridized carbons (Fsp3) is 0.370. The maximum atomic E-state index is 12.9. The molecule has 0 spiro atoms. The average molecular weight is 462 g/mol. The van der Waals surface area contributed by atoms with Crippen molar-refractivity contribution in [3.63, 3.8) is 0 Å². The van der Waals surface area contributed by atoms with Gasteiger partial charge >= 0.3 is 0 Å². The molecule has 178 valence electrons. The van der Waals surface area contributed by atoms with Gasteiger partial charge in [-0.05, 0) is 55.5 Å². The number of amides is 2. The first kappa shape index (κ1) is 23.5. The lowest BCUT2D eigenvalue weighted by Crippen LogP contribution is -2.51. The Balaban J connectivity index is 1.39. The van der Waals surface area contributed by atoms with Crippen molar-refractivity contribution >= 4 is 11.8 Å². The Kier molecular flexibility index (Phi) is 7.96. The van der Waals surface area contributed by atoms with Crippen LogP contribution in [-0.4, -0.2) is 29.4 Å². The standard InChI is InChI=1S/C27H31N3O4/c1-2-28-27(32)25(20-11-7-4-8-12-20)30-26(31)24-16-15-23(34-24)22-14-13-21(17-29-22)33-18-19-9-5-3-6-10-19/h3,5-6,9-10,13-17,20,25H,2,4,7-8,11-12,18H2,1H3,(H,28,32)(H,30,31). The predicted molar refractivity (Wildman–Crippen MR) is 129 cm³/mol. The van der Waals surface area contributed by atoms with E-state index in [2.05, 4.69) is 15.6 Å². The van der Waals surface area contributed by atoms with Gasteiger partial charge in [0.05, 0.1) is 6.20 Å². The molecule has 1 aliphatic carbocycles. The molecule has 0 saturated heterocycles. The molecule has 1 saturated carbocycles. The van der Waals surface area contributed by atoms with Gasteiger partial charge in [0, 0.05) is 6.54 Å². The number of hydrogen-bond donors (Lipinski definition) is 2. The van der Waals surface area contributed by atoms with Crippen LogP contribution >= 0.6 is 0 Å². The summed E-state index contributed by atoms with van der Waals surface area (Å²) < 4.78 is 11.6. The highest BCUT2D eigenvalue weighted by Crippen LogP contribution is 2.27. The first-order chi connectivity index (χ1) is 16.6. The Morgan fingerprint density at radius 1 is 1.06 bits per heavy atom. The van der Waals surface area contributed by atoms with E-state index in [-0.39, 0.29) is 17.6 Å². The maximum absolute atomic E-state index is 12.9. The highest BCUT2D eigenvalue weighted by molar-refractivity contribution is 5.96. The highest BCUT2D eigenvalue weighted by Gasteiger charge is 2.31. The number of nitrogens with zero attached hydrogens (tertiary/aromatic N) is 1. The smallest absolute Gasteiger partial charge is 0.287 e. The number of rotatable bonds is 9. The summed E-state index contributed by atoms with van der Waals surface area (Å²) in [6.07, 6.45) is 6.85. The van der Waals surface area contributed by atoms with Crippen molar-refractivity contribution in [3.8, 4) is 17.2 Å². The molecule has 1 aromatic carbocycles. The number of carbonyl (C=O) groups is 2. The van der Waals surface area contributed by atoms with Crippen molar-refractivity contribution in [1.82, 2.24) is 15.6 Å². The van der Waals surface area contributed by atoms with Crippen LogP contribution < -0.4 is 15.4 Å². The molecule has 0 aliphatic heterocycles. The van der Waals surface area contributed by atoms with E-state index < -0.39 is 11.9 Å². The number of likely N-dealkylation sites (N-methyl/N-ethyl adjacent to an activating group) is 1. The minimum absolute atomic E-state index is 0.137. The third-order valence-corrected chi connectivity index (χ3v) is 6.11. The number of carbonyl (C=O) groups excluding carboxylic acids is 2. The van der Waals surface area contributed by atoms with Gasteiger partial charge in [-0.3, -0.25) is 9.59 Å². The first-order valence-electron chi connectivity index (χ1n) is 12.0. The molecule has 2 heterocycles. The zero-order valence-electron chi connectivity index (χ0n) is 19.5. The number of ether oxygens (including phenoxy) is 1. The van der Waals surface area contributed by atoms with Crippen LogP contribution in [0.5, 0.6) is 5.75 Å². The topological polar surface area (TPSA) is 93.5 Å². The largest absolute Gasteiger partial charge is 0.487 e. The first-order valence-corrected chi connectivity index (χ1v) is 12.0. The summed E-state index contributed by atoms with van der Waals surface area (Å²) in [4.78, 5) is 29.9. The van der Waals surface area contributed by atoms with Crippen LogP contribution in [0.4, 0.5) is 0 Å². The van der Waals surface area contributed by atoms with Crippen molar-refractivity contribution in [2.24, 2.45) is 5.92 Å². The second kappa shape index (κ2) is 11.5. The number of nitrogens with one attached hydrogen (secondary N) is 2. The Hall–Kier alpha value is -3.61. The summed E-state index contributed by atoms with van der Waals surface area (Å²) in [5, 5.41) is 5.76. The van der Waals surface area contributed by atoms with Gasteiger partial charge < -0.3 is 19.8 Å². The van der Waals surface area contributed by atoms with Crippen LogP contribution in [0, 0.1) is 5.92 Å². The summed E-state index contributed by atoms with van der Waals surface area (Å²) in [5.41, 5.74) is 1.67. The molecule has 0 bridgehead atoms. The number of hydrogen-bond acceptors (Lipinski definition) is 5. The molecule has 34 heavy (non-hydrogen) atoms. The molecule has 2 amide bonds. The summed E-state index contributed by atoms with van der Waals surface area (Å²) in [6.45, 7) is 2.86. The fourth-order valence-corrected chi connectivity index (χ4v) is 4.31. The van der Waals surface area contributed by atoms with Gasteiger partial charge in [0.25, 0.3) is 5.91 Å². The van der Waals surface area contributed by atoms with Crippen LogP contribution in [0.1, 0.15) is 55.1 Å². The van der Waals surface area contributed by atoms with Crippen molar-refractivity contribution in [1.29, 1.82) is 0 Å². The van der Waals surface area contributed by atoms with Crippen LogP contribution in [0.25, 0.3) is 11.5 Å². The molecule has 2 N–H and O–H groups in total. The molecule has 3 aromatic rings. The van der Waals surface area contributed by atoms with Crippen LogP contribution in [0.15, 0.2) is 65.2 Å². The highest BCUT2D eigenvalue weighted by atomic mass is 16.5. The molecule has 7 nitrogen and oxygen atoms in total. The minimum atomic E-state index is -0.555. The molecular weight excluding hydrogens is 430 g/mol. The van der Waals surface area contributed by atoms with E-state index in [4.69, 9.17) is 9.15 Å². The summed E-state index contributed by atoms with van der Waals surface area (Å²) in [7, 11) is 0. The zero-order valence-corrected chi connectivity index (χ0v) is 19.5. The monoisotopic (exact) mass is 461 g/mol. The van der Waals surface area contributed by atoms with Crippen molar-refractivity contribution in [3.05, 3.63) is 72.1 Å². The third kappa shape index (κ3) is 6.04. The third-order valence-electron chi connectivity index (χ3n) is 6.11. The van der Waals surface area contributed by atoms with Crippen LogP contribution in [-0.2, 0) is 11.4 Å². The quantitative estimate of drug-likeness (QED) is 0.480. The van der Waals surface area contributed by atoms with E-state index in [9.17, 15) is 9.59 Å². The zero-order chi connectivity index (χ0) is 23.8. The van der Waals surface area contributed by atoms with Crippen molar-refractivity contribution in [2.75, 3.05) is 6.54 Å². The molecule has 4 rings (SSSR count). The summed E-state index contributed by atoms with van der Waals surface area (Å²) >= 11 is 0. The minimum Gasteiger partial charge on any atom is -0.487 e. The van der Waals surface area contributed by atoms with E-state index in [0.717, 1.165) is 31.2 Å². The normalized spacial score (nSPS) is 14.9. The summed E-state index contributed by atoms with van der Waals surface area (Å²) in [5.74, 6) is 0.898. The SMILES string of the molecule is CCNC(=O)C(NC(=O)c1ccc(-c2ccc(OCc3ccccc3)cn2)o1)C1CCCCC1. The Morgan fingerprint density at radius 2 is 1.85 bits per heavy atom.